The smallest absolute Gasteiger partial charge is 0.346 e. The van der Waals surface area contributed by atoms with Crippen molar-refractivity contribution in [3.05, 3.63) is 16.3 Å². The van der Waals surface area contributed by atoms with Crippen LogP contribution in [-0.4, -0.2) is 38.0 Å². The van der Waals surface area contributed by atoms with Gasteiger partial charge in [-0.2, -0.15) is 5.10 Å². The van der Waals surface area contributed by atoms with E-state index < -0.39 is 0 Å². The number of aliphatic hydroxyl groups is 1. The fourth-order valence-corrected chi connectivity index (χ4v) is 2.65. The van der Waals surface area contributed by atoms with E-state index in [4.69, 9.17) is 5.11 Å². The zero-order valence-electron chi connectivity index (χ0n) is 12.5. The Morgan fingerprint density at radius 3 is 3.00 bits per heavy atom. The number of fused-ring (bicyclic) bond motifs is 1. The molecule has 1 aliphatic heterocycles. The van der Waals surface area contributed by atoms with E-state index in [0.29, 0.717) is 13.0 Å². The molecule has 0 saturated heterocycles. The van der Waals surface area contributed by atoms with Crippen molar-refractivity contribution in [2.24, 2.45) is 0 Å². The van der Waals surface area contributed by atoms with Gasteiger partial charge in [0.15, 0.2) is 0 Å². The SMILES string of the molecule is CC(CCCO)NC(=O)Cn1nc2n(c1=O)CCCCC2. The lowest BCUT2D eigenvalue weighted by Gasteiger charge is -2.12. The molecule has 1 aromatic rings. The second kappa shape index (κ2) is 7.40. The normalized spacial score (nSPS) is 16.1. The number of rotatable bonds is 6. The highest BCUT2D eigenvalue weighted by Gasteiger charge is 2.17. The molecule has 2 rings (SSSR count). The minimum absolute atomic E-state index is 0.0132. The van der Waals surface area contributed by atoms with Crippen LogP contribution in [0.4, 0.5) is 0 Å². The van der Waals surface area contributed by atoms with Gasteiger partial charge >= 0.3 is 5.69 Å². The van der Waals surface area contributed by atoms with E-state index in [-0.39, 0.29) is 30.8 Å². The van der Waals surface area contributed by atoms with Crippen molar-refractivity contribution < 1.29 is 9.90 Å². The Morgan fingerprint density at radius 1 is 1.43 bits per heavy atom. The van der Waals surface area contributed by atoms with Crippen molar-refractivity contribution in [3.8, 4) is 0 Å². The molecule has 0 spiro atoms. The van der Waals surface area contributed by atoms with Gasteiger partial charge in [-0.3, -0.25) is 9.36 Å². The summed E-state index contributed by atoms with van der Waals surface area (Å²) in [6, 6.07) is -0.0132. The van der Waals surface area contributed by atoms with Crippen molar-refractivity contribution >= 4 is 5.91 Å². The molecule has 0 radical (unpaired) electrons. The zero-order chi connectivity index (χ0) is 15.2. The van der Waals surface area contributed by atoms with E-state index in [2.05, 4.69) is 10.4 Å². The monoisotopic (exact) mass is 296 g/mol. The molecule has 1 atom stereocenters. The van der Waals surface area contributed by atoms with Gasteiger partial charge < -0.3 is 10.4 Å². The lowest BCUT2D eigenvalue weighted by molar-refractivity contribution is -0.122. The Bertz CT molecular complexity index is 535. The summed E-state index contributed by atoms with van der Waals surface area (Å²) in [4.78, 5) is 24.1. The fourth-order valence-electron chi connectivity index (χ4n) is 2.65. The molecule has 1 aromatic heterocycles. The van der Waals surface area contributed by atoms with Crippen LogP contribution in [0.25, 0.3) is 0 Å². The van der Waals surface area contributed by atoms with Crippen molar-refractivity contribution in [1.29, 1.82) is 0 Å². The molecule has 7 nitrogen and oxygen atoms in total. The maximum atomic E-state index is 12.2. The molecule has 1 aliphatic rings. The van der Waals surface area contributed by atoms with Crippen LogP contribution in [0.1, 0.15) is 44.9 Å². The number of aliphatic hydroxyl groups excluding tert-OH is 1. The first-order valence-corrected chi connectivity index (χ1v) is 7.68. The third-order valence-electron chi connectivity index (χ3n) is 3.78. The van der Waals surface area contributed by atoms with Gasteiger partial charge in [-0.1, -0.05) is 6.42 Å². The van der Waals surface area contributed by atoms with Crippen LogP contribution in [0.5, 0.6) is 0 Å². The second-order valence-corrected chi connectivity index (χ2v) is 5.65. The first-order valence-electron chi connectivity index (χ1n) is 7.68. The van der Waals surface area contributed by atoms with Gasteiger partial charge in [-0.25, -0.2) is 9.48 Å². The van der Waals surface area contributed by atoms with Gasteiger partial charge in [0.05, 0.1) is 0 Å². The summed E-state index contributed by atoms with van der Waals surface area (Å²) in [5, 5.41) is 15.9. The summed E-state index contributed by atoms with van der Waals surface area (Å²) in [5.41, 5.74) is -0.190. The Kier molecular flexibility index (Phi) is 5.55. The lowest BCUT2D eigenvalue weighted by Crippen LogP contribution is -2.38. The van der Waals surface area contributed by atoms with Gasteiger partial charge in [0.1, 0.15) is 12.4 Å². The average Bonchev–Trinajstić information content (AvgIpc) is 2.64. The van der Waals surface area contributed by atoms with E-state index >= 15 is 0 Å². The molecule has 118 valence electrons. The van der Waals surface area contributed by atoms with Crippen LogP contribution in [0.15, 0.2) is 4.79 Å². The second-order valence-electron chi connectivity index (χ2n) is 5.65. The summed E-state index contributed by atoms with van der Waals surface area (Å²) in [7, 11) is 0. The molecule has 0 saturated carbocycles. The molecule has 0 fully saturated rings. The van der Waals surface area contributed by atoms with Crippen molar-refractivity contribution in [1.82, 2.24) is 19.7 Å². The zero-order valence-corrected chi connectivity index (χ0v) is 12.5. The molecule has 2 N–H and O–H groups in total. The van der Waals surface area contributed by atoms with E-state index in [1.807, 2.05) is 6.92 Å². The molecule has 1 amide bonds. The quantitative estimate of drug-likeness (QED) is 0.776. The highest BCUT2D eigenvalue weighted by molar-refractivity contribution is 5.75. The van der Waals surface area contributed by atoms with Crippen LogP contribution in [0, 0.1) is 0 Å². The van der Waals surface area contributed by atoms with Gasteiger partial charge in [-0.15, -0.1) is 0 Å². The average molecular weight is 296 g/mol. The molecule has 7 heteroatoms. The molecule has 0 aliphatic carbocycles. The third-order valence-corrected chi connectivity index (χ3v) is 3.78. The molecular weight excluding hydrogens is 272 g/mol. The number of nitrogens with one attached hydrogen (secondary N) is 1. The number of amides is 1. The van der Waals surface area contributed by atoms with E-state index in [0.717, 1.165) is 37.9 Å². The molecule has 1 unspecified atom stereocenters. The maximum Gasteiger partial charge on any atom is 0.346 e. The topological polar surface area (TPSA) is 89.2 Å². The minimum Gasteiger partial charge on any atom is -0.396 e. The molecule has 0 aromatic carbocycles. The Morgan fingerprint density at radius 2 is 2.24 bits per heavy atom. The predicted octanol–water partition coefficient (Wildman–Crippen LogP) is 0.0484. The Balaban J connectivity index is 1.97. The fraction of sp³-hybridized carbons (Fsp3) is 0.786. The van der Waals surface area contributed by atoms with Crippen LogP contribution < -0.4 is 11.0 Å². The van der Waals surface area contributed by atoms with Gasteiger partial charge in [0, 0.05) is 25.6 Å². The summed E-state index contributed by atoms with van der Waals surface area (Å²) in [6.45, 7) is 2.66. The number of hydrogen-bond acceptors (Lipinski definition) is 4. The lowest BCUT2D eigenvalue weighted by atomic mass is 10.2. The highest BCUT2D eigenvalue weighted by Crippen LogP contribution is 2.10. The molecule has 21 heavy (non-hydrogen) atoms. The van der Waals surface area contributed by atoms with Crippen molar-refractivity contribution in [3.63, 3.8) is 0 Å². The van der Waals surface area contributed by atoms with Crippen molar-refractivity contribution in [2.45, 2.75) is 64.6 Å². The van der Waals surface area contributed by atoms with Crippen LogP contribution in [0.3, 0.4) is 0 Å². The third kappa shape index (κ3) is 4.17. The standard InChI is InChI=1S/C14H24N4O3/c1-11(6-5-9-19)15-13(20)10-18-14(21)17-8-4-2-3-7-12(17)16-18/h11,19H,2-10H2,1H3,(H,15,20). The van der Waals surface area contributed by atoms with E-state index in [9.17, 15) is 9.59 Å². The Labute approximate surface area is 124 Å². The minimum atomic E-state index is -0.212. The number of nitrogens with zero attached hydrogens (tertiary/aromatic N) is 3. The number of aryl methyl sites for hydroxylation is 1. The van der Waals surface area contributed by atoms with Gasteiger partial charge in [0.25, 0.3) is 0 Å². The highest BCUT2D eigenvalue weighted by atomic mass is 16.3. The maximum absolute atomic E-state index is 12.2. The first kappa shape index (κ1) is 15.8. The van der Waals surface area contributed by atoms with Crippen LogP contribution in [-0.2, 0) is 24.3 Å². The van der Waals surface area contributed by atoms with Crippen LogP contribution >= 0.6 is 0 Å². The Hall–Kier alpha value is -1.63. The number of hydrogen-bond donors (Lipinski definition) is 2. The van der Waals surface area contributed by atoms with Crippen LogP contribution in [0.2, 0.25) is 0 Å². The van der Waals surface area contributed by atoms with Gasteiger partial charge in [0.2, 0.25) is 5.91 Å². The summed E-state index contributed by atoms with van der Waals surface area (Å²) in [6.07, 6.45) is 5.32. The summed E-state index contributed by atoms with van der Waals surface area (Å²) < 4.78 is 2.95. The largest absolute Gasteiger partial charge is 0.396 e. The molecule has 2 heterocycles. The molecular formula is C14H24N4O3. The number of carbonyl (C=O) groups excluding carboxylic acids is 1. The van der Waals surface area contributed by atoms with Gasteiger partial charge in [-0.05, 0) is 32.6 Å². The van der Waals surface area contributed by atoms with E-state index in [1.54, 1.807) is 4.57 Å². The number of carbonyl (C=O) groups is 1. The first-order chi connectivity index (χ1) is 10.1. The number of aromatic nitrogens is 3. The predicted molar refractivity (Wildman–Crippen MR) is 78.0 cm³/mol. The summed E-state index contributed by atoms with van der Waals surface area (Å²) >= 11 is 0. The van der Waals surface area contributed by atoms with E-state index in [1.165, 1.54) is 4.68 Å². The van der Waals surface area contributed by atoms with Crippen molar-refractivity contribution in [2.75, 3.05) is 6.61 Å². The molecule has 0 bridgehead atoms. The summed E-state index contributed by atoms with van der Waals surface area (Å²) in [5.74, 6) is 0.578.